The van der Waals surface area contributed by atoms with Gasteiger partial charge in [-0.1, -0.05) is 39.5 Å². The summed E-state index contributed by atoms with van der Waals surface area (Å²) >= 11 is 2.87. The average Bonchev–Trinajstić information content (AvgIpc) is 3.15. The zero-order chi connectivity index (χ0) is 20.0. The monoisotopic (exact) mass is 413 g/mol. The van der Waals surface area contributed by atoms with Crippen LogP contribution in [0.4, 0.5) is 0 Å². The fraction of sp³-hybridized carbons (Fsp3) is 0.737. The number of carbonyl (C=O) groups excluding carboxylic acids is 1. The Hall–Kier alpha value is -1.12. The number of thiazole rings is 1. The summed E-state index contributed by atoms with van der Waals surface area (Å²) in [6.07, 6.45) is 1.56. The summed E-state index contributed by atoms with van der Waals surface area (Å²) in [7, 11) is 0. The molecule has 2 rings (SSSR count). The summed E-state index contributed by atoms with van der Waals surface area (Å²) in [4.78, 5) is 31.9. The lowest BCUT2D eigenvalue weighted by molar-refractivity contribution is -0.128. The Labute approximate surface area is 170 Å². The van der Waals surface area contributed by atoms with Crippen LogP contribution in [0.1, 0.15) is 51.0 Å². The van der Waals surface area contributed by atoms with Crippen LogP contribution in [0.15, 0.2) is 9.72 Å². The lowest BCUT2D eigenvalue weighted by Gasteiger charge is -2.32. The molecule has 8 heteroatoms. The van der Waals surface area contributed by atoms with Crippen LogP contribution in [0, 0.1) is 11.8 Å². The van der Waals surface area contributed by atoms with Gasteiger partial charge in [0.15, 0.2) is 10.0 Å². The SMILES string of the molecule is CC(C)CN(CC(C)C)C[C@H]1CCC(=O)N1CCSc1nc(C(=O)O)cs1. The van der Waals surface area contributed by atoms with Crippen LogP contribution in [0.2, 0.25) is 0 Å². The summed E-state index contributed by atoms with van der Waals surface area (Å²) in [6, 6.07) is 0.279. The highest BCUT2D eigenvalue weighted by molar-refractivity contribution is 8.01. The molecular weight excluding hydrogens is 382 g/mol. The van der Waals surface area contributed by atoms with Crippen molar-refractivity contribution < 1.29 is 14.7 Å². The summed E-state index contributed by atoms with van der Waals surface area (Å²) in [6.45, 7) is 12.7. The summed E-state index contributed by atoms with van der Waals surface area (Å²) in [5.74, 6) is 1.20. The Balaban J connectivity index is 1.88. The van der Waals surface area contributed by atoms with Crippen molar-refractivity contribution in [1.29, 1.82) is 0 Å². The fourth-order valence-corrected chi connectivity index (χ4v) is 5.31. The van der Waals surface area contributed by atoms with E-state index in [0.29, 0.717) is 24.8 Å². The first kappa shape index (κ1) is 22.2. The van der Waals surface area contributed by atoms with Crippen molar-refractivity contribution in [2.24, 2.45) is 11.8 Å². The van der Waals surface area contributed by atoms with Crippen molar-refractivity contribution >= 4 is 35.0 Å². The minimum atomic E-state index is -0.997. The van der Waals surface area contributed by atoms with Crippen molar-refractivity contribution in [2.75, 3.05) is 31.9 Å². The molecule has 1 N–H and O–H groups in total. The number of thioether (sulfide) groups is 1. The first-order chi connectivity index (χ1) is 12.8. The second-order valence-corrected chi connectivity index (χ2v) is 10.1. The minimum absolute atomic E-state index is 0.0932. The largest absolute Gasteiger partial charge is 0.476 e. The topological polar surface area (TPSA) is 73.7 Å². The number of amides is 1. The summed E-state index contributed by atoms with van der Waals surface area (Å²) in [5, 5.41) is 10.5. The molecular formula is C19H31N3O3S2. The third-order valence-corrected chi connectivity index (χ3v) is 6.43. The maximum absolute atomic E-state index is 12.4. The molecule has 1 aromatic rings. The van der Waals surface area contributed by atoms with Crippen LogP contribution in [-0.2, 0) is 4.79 Å². The van der Waals surface area contributed by atoms with E-state index in [4.69, 9.17) is 5.11 Å². The van der Waals surface area contributed by atoms with Crippen molar-refractivity contribution in [3.05, 3.63) is 11.1 Å². The molecule has 1 aliphatic heterocycles. The van der Waals surface area contributed by atoms with Gasteiger partial charge in [0.1, 0.15) is 0 Å². The predicted octanol–water partition coefficient (Wildman–Crippen LogP) is 3.54. The van der Waals surface area contributed by atoms with Crippen molar-refractivity contribution in [1.82, 2.24) is 14.8 Å². The number of carboxylic acids is 1. The van der Waals surface area contributed by atoms with Gasteiger partial charge >= 0.3 is 5.97 Å². The molecule has 1 saturated heterocycles. The van der Waals surface area contributed by atoms with E-state index in [0.717, 1.165) is 36.1 Å². The van der Waals surface area contributed by atoms with E-state index in [1.807, 2.05) is 4.90 Å². The van der Waals surface area contributed by atoms with Crippen LogP contribution < -0.4 is 0 Å². The molecule has 1 aromatic heterocycles. The molecule has 0 aromatic carbocycles. The van der Waals surface area contributed by atoms with E-state index in [-0.39, 0.29) is 17.6 Å². The fourth-order valence-electron chi connectivity index (χ4n) is 3.50. The summed E-state index contributed by atoms with van der Waals surface area (Å²) < 4.78 is 0.747. The lowest BCUT2D eigenvalue weighted by atomic mass is 10.1. The number of rotatable bonds is 11. The Bertz CT molecular complexity index is 623. The number of hydrogen-bond donors (Lipinski definition) is 1. The molecule has 0 spiro atoms. The Morgan fingerprint density at radius 2 is 2.04 bits per heavy atom. The molecule has 1 amide bonds. The first-order valence-corrected chi connectivity index (χ1v) is 11.5. The standard InChI is InChI=1S/C19H31N3O3S2/c1-13(2)9-21(10-14(3)4)11-15-5-6-17(23)22(15)7-8-26-19-20-16(12-27-19)18(24)25/h12-15H,5-11H2,1-4H3,(H,24,25)/t15-/m1/s1. The van der Waals surface area contributed by atoms with E-state index in [2.05, 4.69) is 37.6 Å². The number of likely N-dealkylation sites (tertiary alicyclic amines) is 1. The quantitative estimate of drug-likeness (QED) is 0.560. The van der Waals surface area contributed by atoms with Gasteiger partial charge in [-0.3, -0.25) is 4.79 Å². The number of aromatic nitrogens is 1. The maximum Gasteiger partial charge on any atom is 0.355 e. The number of hydrogen-bond acceptors (Lipinski definition) is 6. The highest BCUT2D eigenvalue weighted by atomic mass is 32.2. The van der Waals surface area contributed by atoms with Crippen molar-refractivity contribution in [3.8, 4) is 0 Å². The van der Waals surface area contributed by atoms with Gasteiger partial charge in [0.2, 0.25) is 5.91 Å². The second kappa shape index (κ2) is 10.4. The lowest BCUT2D eigenvalue weighted by Crippen LogP contribution is -2.44. The molecule has 1 atom stereocenters. The van der Waals surface area contributed by atoms with E-state index in [1.165, 1.54) is 23.1 Å². The highest BCUT2D eigenvalue weighted by Crippen LogP contribution is 2.25. The molecule has 152 valence electrons. The van der Waals surface area contributed by atoms with Gasteiger partial charge in [0, 0.05) is 49.8 Å². The van der Waals surface area contributed by atoms with E-state index < -0.39 is 5.97 Å². The second-order valence-electron chi connectivity index (χ2n) is 7.94. The number of carbonyl (C=O) groups is 2. The van der Waals surface area contributed by atoms with Gasteiger partial charge in [-0.2, -0.15) is 0 Å². The van der Waals surface area contributed by atoms with Crippen molar-refractivity contribution in [3.63, 3.8) is 0 Å². The maximum atomic E-state index is 12.4. The van der Waals surface area contributed by atoms with E-state index >= 15 is 0 Å². The van der Waals surface area contributed by atoms with Crippen LogP contribution in [0.5, 0.6) is 0 Å². The molecule has 0 aliphatic carbocycles. The predicted molar refractivity (Wildman–Crippen MR) is 111 cm³/mol. The zero-order valence-electron chi connectivity index (χ0n) is 16.7. The molecule has 1 fully saturated rings. The Morgan fingerprint density at radius 3 is 2.59 bits per heavy atom. The molecule has 2 heterocycles. The van der Waals surface area contributed by atoms with Gasteiger partial charge in [0.25, 0.3) is 0 Å². The summed E-state index contributed by atoms with van der Waals surface area (Å²) in [5.41, 5.74) is 0.0932. The smallest absolute Gasteiger partial charge is 0.355 e. The van der Waals surface area contributed by atoms with E-state index in [1.54, 1.807) is 5.38 Å². The molecule has 0 radical (unpaired) electrons. The van der Waals surface area contributed by atoms with Crippen LogP contribution in [0.25, 0.3) is 0 Å². The Morgan fingerprint density at radius 1 is 1.37 bits per heavy atom. The van der Waals surface area contributed by atoms with E-state index in [9.17, 15) is 9.59 Å². The highest BCUT2D eigenvalue weighted by Gasteiger charge is 2.32. The van der Waals surface area contributed by atoms with Crippen LogP contribution >= 0.6 is 23.1 Å². The molecule has 27 heavy (non-hydrogen) atoms. The normalized spacial score (nSPS) is 17.7. The van der Waals surface area contributed by atoms with Crippen molar-refractivity contribution in [2.45, 2.75) is 50.9 Å². The van der Waals surface area contributed by atoms with Crippen LogP contribution in [-0.4, -0.2) is 69.7 Å². The number of nitrogens with zero attached hydrogens (tertiary/aromatic N) is 3. The molecule has 0 unspecified atom stereocenters. The third kappa shape index (κ3) is 7.08. The van der Waals surface area contributed by atoms with Crippen LogP contribution in [0.3, 0.4) is 0 Å². The zero-order valence-corrected chi connectivity index (χ0v) is 18.3. The average molecular weight is 414 g/mol. The molecule has 0 bridgehead atoms. The molecule has 0 saturated carbocycles. The van der Waals surface area contributed by atoms with Gasteiger partial charge < -0.3 is 14.9 Å². The Kier molecular flexibility index (Phi) is 8.57. The molecule has 1 aliphatic rings. The van der Waals surface area contributed by atoms with Gasteiger partial charge in [-0.15, -0.1) is 11.3 Å². The third-order valence-electron chi connectivity index (χ3n) is 4.43. The first-order valence-electron chi connectivity index (χ1n) is 9.59. The number of aromatic carboxylic acids is 1. The number of carboxylic acid groups (broad SMARTS) is 1. The van der Waals surface area contributed by atoms with Gasteiger partial charge in [0.05, 0.1) is 0 Å². The van der Waals surface area contributed by atoms with Gasteiger partial charge in [-0.05, 0) is 18.3 Å². The van der Waals surface area contributed by atoms with Gasteiger partial charge in [-0.25, -0.2) is 9.78 Å². The minimum Gasteiger partial charge on any atom is -0.476 e. The molecule has 6 nitrogen and oxygen atoms in total.